The van der Waals surface area contributed by atoms with Crippen molar-refractivity contribution in [1.29, 1.82) is 0 Å². The van der Waals surface area contributed by atoms with Crippen LogP contribution >= 0.6 is 11.6 Å². The molecule has 8 heteroatoms. The maximum atomic E-state index is 12.4. The molecule has 23 heavy (non-hydrogen) atoms. The molecule has 0 aliphatic heterocycles. The molecule has 7 nitrogen and oxygen atoms in total. The van der Waals surface area contributed by atoms with Gasteiger partial charge in [-0.05, 0) is 19.9 Å². The number of hydrogen-bond acceptors (Lipinski definition) is 6. The van der Waals surface area contributed by atoms with Crippen LogP contribution in [0.4, 0.5) is 4.79 Å². The number of amides is 2. The maximum absolute atomic E-state index is 12.4. The van der Waals surface area contributed by atoms with E-state index in [2.05, 4.69) is 4.74 Å². The second kappa shape index (κ2) is 7.15. The fourth-order valence-corrected chi connectivity index (χ4v) is 2.13. The number of hydrogen-bond donors (Lipinski definition) is 1. The number of carbonyl (C=O) groups excluding carboxylic acids is 2. The van der Waals surface area contributed by atoms with E-state index in [4.69, 9.17) is 20.8 Å². The van der Waals surface area contributed by atoms with Crippen molar-refractivity contribution < 1.29 is 23.5 Å². The summed E-state index contributed by atoms with van der Waals surface area (Å²) in [7, 11) is 0. The average molecular weight is 340 g/mol. The molecule has 0 atom stereocenters. The van der Waals surface area contributed by atoms with E-state index < -0.39 is 17.4 Å². The van der Waals surface area contributed by atoms with Gasteiger partial charge in [-0.1, -0.05) is 11.6 Å². The Morgan fingerprint density at radius 3 is 2.65 bits per heavy atom. The van der Waals surface area contributed by atoms with Crippen LogP contribution in [0.2, 0.25) is 5.02 Å². The van der Waals surface area contributed by atoms with Gasteiger partial charge in [0.1, 0.15) is 11.8 Å². The number of ether oxygens (including phenoxy) is 2. The van der Waals surface area contributed by atoms with E-state index in [-0.39, 0.29) is 28.2 Å². The smallest absolute Gasteiger partial charge is 0.414 e. The highest BCUT2D eigenvalue weighted by Crippen LogP contribution is 2.28. The highest BCUT2D eigenvalue weighted by Gasteiger charge is 2.19. The van der Waals surface area contributed by atoms with E-state index in [1.807, 2.05) is 5.32 Å². The van der Waals surface area contributed by atoms with Crippen LogP contribution in [-0.2, 0) is 4.74 Å². The Labute approximate surface area is 136 Å². The normalized spacial score (nSPS) is 10.4. The molecular weight excluding hydrogens is 326 g/mol. The first-order valence-corrected chi connectivity index (χ1v) is 7.21. The van der Waals surface area contributed by atoms with Crippen molar-refractivity contribution in [2.45, 2.75) is 13.8 Å². The van der Waals surface area contributed by atoms with Crippen LogP contribution in [0, 0.1) is 0 Å². The maximum Gasteiger partial charge on any atom is 0.414 e. The predicted octanol–water partition coefficient (Wildman–Crippen LogP) is 2.73. The molecule has 0 unspecified atom stereocenters. The Morgan fingerprint density at radius 2 is 2.00 bits per heavy atom. The number of alkyl carbamates (subject to hydrolysis) is 1. The number of benzene rings is 1. The van der Waals surface area contributed by atoms with Gasteiger partial charge in [0.05, 0.1) is 18.6 Å². The summed E-state index contributed by atoms with van der Waals surface area (Å²) < 4.78 is 15.3. The Balaban J connectivity index is 2.48. The zero-order chi connectivity index (χ0) is 17.0. The van der Waals surface area contributed by atoms with Gasteiger partial charge in [0.15, 0.2) is 11.3 Å². The van der Waals surface area contributed by atoms with Gasteiger partial charge in [-0.15, -0.1) is 0 Å². The van der Waals surface area contributed by atoms with Gasteiger partial charge < -0.3 is 13.9 Å². The van der Waals surface area contributed by atoms with Crippen molar-refractivity contribution in [3.8, 4) is 5.75 Å². The van der Waals surface area contributed by atoms with Crippen LogP contribution in [0.15, 0.2) is 27.6 Å². The fourth-order valence-electron chi connectivity index (χ4n) is 1.92. The molecule has 2 amide bonds. The van der Waals surface area contributed by atoms with E-state index in [0.717, 1.165) is 6.26 Å². The highest BCUT2D eigenvalue weighted by atomic mass is 35.5. The van der Waals surface area contributed by atoms with Crippen LogP contribution in [0.3, 0.4) is 0 Å². The summed E-state index contributed by atoms with van der Waals surface area (Å²) in [5.74, 6) is -0.624. The minimum absolute atomic E-state index is 0.0810. The molecule has 1 N–H and O–H groups in total. The van der Waals surface area contributed by atoms with E-state index in [0.29, 0.717) is 12.4 Å². The molecule has 2 aromatic rings. The topological polar surface area (TPSA) is 94.8 Å². The standard InChI is InChI=1S/C15H14ClNO6/c1-3-21-11-6-8(16)5-9-12(18)10(7-23-13(9)11)14(19)17-15(20)22-4-2/h5-7H,3-4H2,1-2H3,(H,17,19,20). The minimum Gasteiger partial charge on any atom is -0.490 e. The summed E-state index contributed by atoms with van der Waals surface area (Å²) in [5.41, 5.74) is -0.791. The van der Waals surface area contributed by atoms with Gasteiger partial charge in [-0.3, -0.25) is 14.9 Å². The van der Waals surface area contributed by atoms with Crippen molar-refractivity contribution in [2.24, 2.45) is 0 Å². The third kappa shape index (κ3) is 3.62. The number of carbonyl (C=O) groups is 2. The summed E-state index contributed by atoms with van der Waals surface area (Å²) in [4.78, 5) is 35.7. The van der Waals surface area contributed by atoms with Crippen molar-refractivity contribution >= 4 is 34.6 Å². The number of imide groups is 1. The first-order chi connectivity index (χ1) is 11.0. The third-order valence-electron chi connectivity index (χ3n) is 2.84. The third-order valence-corrected chi connectivity index (χ3v) is 3.06. The van der Waals surface area contributed by atoms with E-state index in [9.17, 15) is 14.4 Å². The minimum atomic E-state index is -0.946. The Kier molecular flexibility index (Phi) is 5.23. The predicted molar refractivity (Wildman–Crippen MR) is 83.2 cm³/mol. The Hall–Kier alpha value is -2.54. The molecule has 0 bridgehead atoms. The highest BCUT2D eigenvalue weighted by molar-refractivity contribution is 6.31. The second-order valence-electron chi connectivity index (χ2n) is 4.37. The number of fused-ring (bicyclic) bond motifs is 1. The molecule has 0 fully saturated rings. The molecule has 0 aliphatic carbocycles. The Morgan fingerprint density at radius 1 is 1.26 bits per heavy atom. The second-order valence-corrected chi connectivity index (χ2v) is 4.80. The van der Waals surface area contributed by atoms with Crippen molar-refractivity contribution in [3.05, 3.63) is 39.2 Å². The van der Waals surface area contributed by atoms with Gasteiger partial charge in [0.25, 0.3) is 5.91 Å². The van der Waals surface area contributed by atoms with Gasteiger partial charge >= 0.3 is 6.09 Å². The summed E-state index contributed by atoms with van der Waals surface area (Å²) >= 11 is 5.95. The average Bonchev–Trinajstić information content (AvgIpc) is 2.48. The number of rotatable bonds is 4. The van der Waals surface area contributed by atoms with E-state index in [1.54, 1.807) is 13.8 Å². The van der Waals surface area contributed by atoms with E-state index in [1.165, 1.54) is 12.1 Å². The largest absolute Gasteiger partial charge is 0.490 e. The van der Waals surface area contributed by atoms with Gasteiger partial charge in [-0.2, -0.15) is 0 Å². The number of halogens is 1. The summed E-state index contributed by atoms with van der Waals surface area (Å²) in [6, 6.07) is 2.88. The van der Waals surface area contributed by atoms with Gasteiger partial charge in [-0.25, -0.2) is 4.79 Å². The molecule has 0 spiro atoms. The van der Waals surface area contributed by atoms with Crippen LogP contribution in [0.1, 0.15) is 24.2 Å². The summed E-state index contributed by atoms with van der Waals surface area (Å²) in [5, 5.41) is 2.27. The molecule has 2 rings (SSSR count). The molecule has 0 saturated heterocycles. The van der Waals surface area contributed by atoms with Gasteiger partial charge in [0.2, 0.25) is 5.43 Å². The molecule has 0 saturated carbocycles. The van der Waals surface area contributed by atoms with Gasteiger partial charge in [0, 0.05) is 11.1 Å². The quantitative estimate of drug-likeness (QED) is 0.920. The lowest BCUT2D eigenvalue weighted by molar-refractivity contribution is 0.0922. The molecular formula is C15H14ClNO6. The lowest BCUT2D eigenvalue weighted by Crippen LogP contribution is -2.34. The Bertz CT molecular complexity index is 813. The first-order valence-electron chi connectivity index (χ1n) is 6.83. The number of nitrogens with one attached hydrogen (secondary N) is 1. The lowest BCUT2D eigenvalue weighted by atomic mass is 10.1. The molecule has 0 radical (unpaired) electrons. The summed E-state index contributed by atoms with van der Waals surface area (Å²) in [6.45, 7) is 3.81. The van der Waals surface area contributed by atoms with Crippen LogP contribution in [-0.4, -0.2) is 25.2 Å². The SMILES string of the molecule is CCOC(=O)NC(=O)c1coc2c(OCC)cc(Cl)cc2c1=O. The van der Waals surface area contributed by atoms with Crippen LogP contribution in [0.5, 0.6) is 5.75 Å². The van der Waals surface area contributed by atoms with E-state index >= 15 is 0 Å². The summed E-state index contributed by atoms with van der Waals surface area (Å²) in [6.07, 6.45) is 0.0217. The van der Waals surface area contributed by atoms with Crippen LogP contribution < -0.4 is 15.5 Å². The lowest BCUT2D eigenvalue weighted by Gasteiger charge is -2.08. The van der Waals surface area contributed by atoms with Crippen molar-refractivity contribution in [1.82, 2.24) is 5.32 Å². The molecule has 1 aromatic carbocycles. The van der Waals surface area contributed by atoms with Crippen molar-refractivity contribution in [2.75, 3.05) is 13.2 Å². The zero-order valence-electron chi connectivity index (χ0n) is 12.5. The molecule has 1 heterocycles. The molecule has 122 valence electrons. The van der Waals surface area contributed by atoms with Crippen molar-refractivity contribution in [3.63, 3.8) is 0 Å². The monoisotopic (exact) mass is 339 g/mol. The molecule has 0 aliphatic rings. The zero-order valence-corrected chi connectivity index (χ0v) is 13.2. The van der Waals surface area contributed by atoms with Crippen LogP contribution in [0.25, 0.3) is 11.0 Å². The fraction of sp³-hybridized carbons (Fsp3) is 0.267. The first kappa shape index (κ1) is 16.8. The molecule has 1 aromatic heterocycles.